The van der Waals surface area contributed by atoms with Crippen LogP contribution in [0.25, 0.3) is 0 Å². The van der Waals surface area contributed by atoms with Crippen LogP contribution in [0.4, 0.5) is 23.0 Å². The van der Waals surface area contributed by atoms with Crippen LogP contribution in [-0.4, -0.2) is 16.1 Å². The lowest BCUT2D eigenvalue weighted by molar-refractivity contribution is 0.0722. The van der Waals surface area contributed by atoms with Crippen LogP contribution in [-0.2, 0) is 16.2 Å². The minimum atomic E-state index is -0.0280. The molecule has 0 saturated heterocycles. The van der Waals surface area contributed by atoms with E-state index < -0.39 is 0 Å². The molecule has 4 heteroatoms. The predicted octanol–water partition coefficient (Wildman–Crippen LogP) is 8.93. The molecule has 6 rings (SSSR count). The fourth-order valence-corrected chi connectivity index (χ4v) is 8.75. The smallest absolute Gasteiger partial charge is 0.179 e. The van der Waals surface area contributed by atoms with Crippen molar-refractivity contribution < 1.29 is 0 Å². The molecule has 3 aliphatic rings. The van der Waals surface area contributed by atoms with Gasteiger partial charge in [-0.15, -0.1) is 0 Å². The maximum absolute atomic E-state index is 5.58. The third-order valence-electron chi connectivity index (χ3n) is 10.4. The van der Waals surface area contributed by atoms with Gasteiger partial charge in [0, 0.05) is 33.0 Å². The second-order valence-corrected chi connectivity index (χ2v) is 13.4. The van der Waals surface area contributed by atoms with Crippen molar-refractivity contribution >= 4 is 23.0 Å². The highest BCUT2D eigenvalue weighted by molar-refractivity contribution is 5.87. The maximum Gasteiger partial charge on any atom is 0.179 e. The van der Waals surface area contributed by atoms with Gasteiger partial charge in [-0.1, -0.05) is 98.2 Å². The molecule has 1 aromatic heterocycles. The molecule has 2 aliphatic heterocycles. The van der Waals surface area contributed by atoms with Crippen LogP contribution in [0.3, 0.4) is 0 Å². The molecule has 3 aromatic rings. The van der Waals surface area contributed by atoms with Crippen LogP contribution >= 0.6 is 0 Å². The lowest BCUT2D eigenvalue weighted by Gasteiger charge is -2.60. The fraction of sp³-hybridized carbons (Fsp3) is 0.529. The van der Waals surface area contributed by atoms with Crippen LogP contribution in [0.15, 0.2) is 54.6 Å². The van der Waals surface area contributed by atoms with Gasteiger partial charge in [0.2, 0.25) is 0 Å². The summed E-state index contributed by atoms with van der Waals surface area (Å²) in [6, 6.07) is 20.1. The summed E-state index contributed by atoms with van der Waals surface area (Å²) in [5, 5.41) is 0. The molecule has 0 fully saturated rings. The average molecular weight is 509 g/mol. The molecule has 3 unspecified atom stereocenters. The number of fused-ring (bicyclic) bond motifs is 6. The summed E-state index contributed by atoms with van der Waals surface area (Å²) in [5.74, 6) is 2.04. The molecule has 2 aromatic carbocycles. The normalized spacial score (nSPS) is 28.1. The lowest BCUT2D eigenvalue weighted by Crippen LogP contribution is -2.63. The van der Waals surface area contributed by atoms with E-state index in [1.165, 1.54) is 34.7 Å². The van der Waals surface area contributed by atoms with Crippen molar-refractivity contribution in [2.45, 2.75) is 110 Å². The van der Waals surface area contributed by atoms with Crippen LogP contribution in [0.1, 0.15) is 104 Å². The number of para-hydroxylation sites is 2. The van der Waals surface area contributed by atoms with Crippen LogP contribution in [0, 0.1) is 5.41 Å². The van der Waals surface area contributed by atoms with Gasteiger partial charge in [0.15, 0.2) is 11.6 Å². The number of hydrogen-bond acceptors (Lipinski definition) is 4. The molecule has 38 heavy (non-hydrogen) atoms. The third kappa shape index (κ3) is 3.09. The first-order valence-electron chi connectivity index (χ1n) is 14.7. The summed E-state index contributed by atoms with van der Waals surface area (Å²) in [5.41, 5.74) is 6.35. The van der Waals surface area contributed by atoms with Crippen molar-refractivity contribution in [2.24, 2.45) is 5.41 Å². The van der Waals surface area contributed by atoms with E-state index >= 15 is 0 Å². The van der Waals surface area contributed by atoms with Crippen molar-refractivity contribution in [3.63, 3.8) is 0 Å². The minimum absolute atomic E-state index is 0.00468. The number of nitrogens with zero attached hydrogens (tertiary/aromatic N) is 4. The Bertz CT molecular complexity index is 1380. The van der Waals surface area contributed by atoms with Crippen molar-refractivity contribution in [3.05, 3.63) is 71.5 Å². The zero-order valence-electron chi connectivity index (χ0n) is 24.6. The van der Waals surface area contributed by atoms with Gasteiger partial charge in [-0.3, -0.25) is 0 Å². The Hall–Kier alpha value is -2.88. The summed E-state index contributed by atoms with van der Waals surface area (Å²) in [7, 11) is 0. The zero-order chi connectivity index (χ0) is 27.1. The maximum atomic E-state index is 5.58. The van der Waals surface area contributed by atoms with Crippen molar-refractivity contribution in [1.29, 1.82) is 0 Å². The van der Waals surface area contributed by atoms with Gasteiger partial charge in [-0.05, 0) is 49.4 Å². The Balaban J connectivity index is 1.72. The van der Waals surface area contributed by atoms with Crippen molar-refractivity contribution in [1.82, 2.24) is 9.97 Å². The summed E-state index contributed by atoms with van der Waals surface area (Å²) >= 11 is 0. The second-order valence-electron chi connectivity index (χ2n) is 13.4. The molecular weight excluding hydrogens is 464 g/mol. The second kappa shape index (κ2) is 8.31. The first-order chi connectivity index (χ1) is 18.1. The van der Waals surface area contributed by atoms with E-state index in [-0.39, 0.29) is 27.8 Å². The number of rotatable bonds is 5. The van der Waals surface area contributed by atoms with Crippen LogP contribution in [0.2, 0.25) is 0 Å². The standard InChI is InChI=1S/C34H44N4/c1-9-21-34(11-3)24-19-15-16-20-25(24)38-29-28(35-26-27(36-29)32(6,7)22-31(26,4)5)37(23-17-13-12-14-18-23)30(38)33(34,8)10-2/h12-20,30H,9-11,21-22H2,1-8H3. The molecule has 3 atom stereocenters. The lowest BCUT2D eigenvalue weighted by atomic mass is 9.52. The monoisotopic (exact) mass is 508 g/mol. The molecule has 0 spiro atoms. The quantitative estimate of drug-likeness (QED) is 0.344. The summed E-state index contributed by atoms with van der Waals surface area (Å²) < 4.78 is 0. The SMILES string of the molecule is CCCC1(CC)c2ccccc2N2c3nc4c(nc3N(c3ccccc3)C2C1(C)CC)C(C)(C)CC4(C)C. The van der Waals surface area contributed by atoms with Gasteiger partial charge in [0.1, 0.15) is 6.17 Å². The van der Waals surface area contributed by atoms with E-state index in [1.807, 2.05) is 0 Å². The Morgan fingerprint density at radius 3 is 1.89 bits per heavy atom. The van der Waals surface area contributed by atoms with Gasteiger partial charge in [0.05, 0.1) is 11.4 Å². The Morgan fingerprint density at radius 1 is 0.737 bits per heavy atom. The van der Waals surface area contributed by atoms with Crippen molar-refractivity contribution in [3.8, 4) is 0 Å². The summed E-state index contributed by atoms with van der Waals surface area (Å²) in [6.07, 6.45) is 5.68. The van der Waals surface area contributed by atoms with E-state index in [0.717, 1.165) is 37.3 Å². The van der Waals surface area contributed by atoms with E-state index in [0.29, 0.717) is 0 Å². The molecule has 0 bridgehead atoms. The van der Waals surface area contributed by atoms with E-state index in [2.05, 4.69) is 120 Å². The molecule has 0 N–H and O–H groups in total. The first-order valence-corrected chi connectivity index (χ1v) is 14.7. The number of anilines is 4. The minimum Gasteiger partial charge on any atom is -0.301 e. The van der Waals surface area contributed by atoms with Crippen LogP contribution < -0.4 is 9.80 Å². The molecule has 0 saturated carbocycles. The molecule has 4 nitrogen and oxygen atoms in total. The zero-order valence-corrected chi connectivity index (χ0v) is 24.6. The summed E-state index contributed by atoms with van der Waals surface area (Å²) in [6.45, 7) is 19.0. The molecule has 200 valence electrons. The van der Waals surface area contributed by atoms with Crippen LogP contribution in [0.5, 0.6) is 0 Å². The van der Waals surface area contributed by atoms with Gasteiger partial charge >= 0.3 is 0 Å². The number of hydrogen-bond donors (Lipinski definition) is 0. The van der Waals surface area contributed by atoms with Gasteiger partial charge < -0.3 is 9.80 Å². The van der Waals surface area contributed by atoms with E-state index in [1.54, 1.807) is 0 Å². The Labute approximate surface area is 229 Å². The average Bonchev–Trinajstić information content (AvgIpc) is 3.34. The Morgan fingerprint density at radius 2 is 1.32 bits per heavy atom. The first kappa shape index (κ1) is 25.4. The topological polar surface area (TPSA) is 32.3 Å². The molecule has 1 aliphatic carbocycles. The third-order valence-corrected chi connectivity index (χ3v) is 10.4. The van der Waals surface area contributed by atoms with Gasteiger partial charge in [-0.25, -0.2) is 9.97 Å². The Kier molecular flexibility index (Phi) is 5.55. The number of aromatic nitrogens is 2. The summed E-state index contributed by atoms with van der Waals surface area (Å²) in [4.78, 5) is 16.3. The highest BCUT2D eigenvalue weighted by atomic mass is 15.5. The molecule has 0 amide bonds. The largest absolute Gasteiger partial charge is 0.301 e. The molecule has 3 heterocycles. The predicted molar refractivity (Wildman–Crippen MR) is 159 cm³/mol. The molecular formula is C34H44N4. The molecule has 0 radical (unpaired) electrons. The highest BCUT2D eigenvalue weighted by Crippen LogP contribution is 2.65. The van der Waals surface area contributed by atoms with Gasteiger partial charge in [-0.2, -0.15) is 0 Å². The number of benzene rings is 2. The van der Waals surface area contributed by atoms with Crippen molar-refractivity contribution in [2.75, 3.05) is 9.80 Å². The highest BCUT2D eigenvalue weighted by Gasteiger charge is 2.63. The van der Waals surface area contributed by atoms with E-state index in [4.69, 9.17) is 9.97 Å². The van der Waals surface area contributed by atoms with Gasteiger partial charge in [0.25, 0.3) is 0 Å². The fourth-order valence-electron chi connectivity index (χ4n) is 8.75. The van der Waals surface area contributed by atoms with E-state index in [9.17, 15) is 0 Å².